The predicted octanol–water partition coefficient (Wildman–Crippen LogP) is 4.51. The Morgan fingerprint density at radius 1 is 1.15 bits per heavy atom. The van der Waals surface area contributed by atoms with Gasteiger partial charge in [0, 0.05) is 28.3 Å². The molecule has 0 amide bonds. The molecule has 0 atom stereocenters. The van der Waals surface area contributed by atoms with Gasteiger partial charge in [0.05, 0.1) is 0 Å². The highest BCUT2D eigenvalue weighted by atomic mass is 35.5. The minimum absolute atomic E-state index is 0.0313. The first kappa shape index (κ1) is 14.5. The van der Waals surface area contributed by atoms with Gasteiger partial charge in [-0.2, -0.15) is 5.26 Å². The molecule has 2 rings (SSSR count). The lowest BCUT2D eigenvalue weighted by molar-refractivity contribution is 0.368. The second-order valence-corrected chi connectivity index (χ2v) is 4.91. The van der Waals surface area contributed by atoms with Crippen LogP contribution in [0.15, 0.2) is 42.5 Å². The van der Waals surface area contributed by atoms with Crippen molar-refractivity contribution in [1.29, 1.82) is 5.26 Å². The van der Waals surface area contributed by atoms with Crippen LogP contribution in [0.4, 0.5) is 5.69 Å². The second-order valence-electron chi connectivity index (χ2n) is 4.06. The van der Waals surface area contributed by atoms with E-state index in [1.807, 2.05) is 30.3 Å². The zero-order valence-electron chi connectivity index (χ0n) is 10.6. The van der Waals surface area contributed by atoms with Crippen molar-refractivity contribution in [3.63, 3.8) is 0 Å². The zero-order chi connectivity index (χ0) is 14.4. The van der Waals surface area contributed by atoms with Crippen molar-refractivity contribution in [2.45, 2.75) is 6.54 Å². The third-order valence-electron chi connectivity index (χ3n) is 2.63. The van der Waals surface area contributed by atoms with Crippen molar-refractivity contribution in [2.24, 2.45) is 0 Å². The van der Waals surface area contributed by atoms with Crippen molar-refractivity contribution in [1.82, 2.24) is 0 Å². The van der Waals surface area contributed by atoms with Crippen molar-refractivity contribution in [3.8, 4) is 11.8 Å². The molecular weight excluding hydrogens is 295 g/mol. The minimum Gasteiger partial charge on any atom is -0.479 e. The maximum Gasteiger partial charge on any atom is 0.174 e. The lowest BCUT2D eigenvalue weighted by atomic mass is 10.2. The fourth-order valence-electron chi connectivity index (χ4n) is 1.69. The van der Waals surface area contributed by atoms with Gasteiger partial charge in [-0.15, -0.1) is 0 Å². The maximum atomic E-state index is 8.49. The van der Waals surface area contributed by atoms with E-state index in [9.17, 15) is 0 Å². The Balaban J connectivity index is 2.03. The van der Waals surface area contributed by atoms with Gasteiger partial charge in [-0.25, -0.2) is 0 Å². The molecule has 0 bridgehead atoms. The van der Waals surface area contributed by atoms with Crippen LogP contribution in [0.5, 0.6) is 5.75 Å². The van der Waals surface area contributed by atoms with E-state index in [0.717, 1.165) is 11.3 Å². The third kappa shape index (κ3) is 4.06. The minimum atomic E-state index is 0.0313. The molecule has 0 aliphatic carbocycles. The first-order valence-electron chi connectivity index (χ1n) is 5.96. The molecule has 0 aliphatic rings. The number of nitriles is 1. The van der Waals surface area contributed by atoms with E-state index >= 15 is 0 Å². The van der Waals surface area contributed by atoms with E-state index in [-0.39, 0.29) is 6.61 Å². The van der Waals surface area contributed by atoms with Crippen LogP contribution in [0, 0.1) is 11.3 Å². The number of anilines is 1. The van der Waals surface area contributed by atoms with Gasteiger partial charge in [0.1, 0.15) is 11.8 Å². The van der Waals surface area contributed by atoms with E-state index < -0.39 is 0 Å². The average molecular weight is 307 g/mol. The molecule has 2 aromatic rings. The third-order valence-corrected chi connectivity index (χ3v) is 3.23. The van der Waals surface area contributed by atoms with Gasteiger partial charge in [0.25, 0.3) is 0 Å². The predicted molar refractivity (Wildman–Crippen MR) is 81.3 cm³/mol. The summed E-state index contributed by atoms with van der Waals surface area (Å²) < 4.78 is 5.24. The van der Waals surface area contributed by atoms with Crippen molar-refractivity contribution >= 4 is 28.9 Å². The van der Waals surface area contributed by atoms with E-state index in [0.29, 0.717) is 22.3 Å². The largest absolute Gasteiger partial charge is 0.479 e. The zero-order valence-corrected chi connectivity index (χ0v) is 12.1. The summed E-state index contributed by atoms with van der Waals surface area (Å²) in [7, 11) is 0. The standard InChI is InChI=1S/C15H12Cl2N2O/c16-12-4-5-15(17)11(8-12)10-19-13-2-1-3-14(9-13)20-7-6-18/h1-5,8-9,19H,7,10H2. The number of halogens is 2. The van der Waals surface area contributed by atoms with E-state index in [1.54, 1.807) is 18.2 Å². The van der Waals surface area contributed by atoms with E-state index in [2.05, 4.69) is 5.32 Å². The van der Waals surface area contributed by atoms with Crippen LogP contribution in [0.2, 0.25) is 10.0 Å². The molecular formula is C15H12Cl2N2O. The molecule has 3 nitrogen and oxygen atoms in total. The first-order valence-corrected chi connectivity index (χ1v) is 6.72. The van der Waals surface area contributed by atoms with Gasteiger partial charge in [0.15, 0.2) is 6.61 Å². The molecule has 2 aromatic carbocycles. The summed E-state index contributed by atoms with van der Waals surface area (Å²) in [6, 6.07) is 14.7. The van der Waals surface area contributed by atoms with Crippen LogP contribution in [-0.2, 0) is 6.54 Å². The second kappa shape index (κ2) is 7.04. The number of benzene rings is 2. The van der Waals surface area contributed by atoms with Crippen molar-refractivity contribution in [3.05, 3.63) is 58.1 Å². The SMILES string of the molecule is N#CCOc1cccc(NCc2cc(Cl)ccc2Cl)c1. The molecule has 0 saturated heterocycles. The summed E-state index contributed by atoms with van der Waals surface area (Å²) in [4.78, 5) is 0. The van der Waals surface area contributed by atoms with Crippen LogP contribution in [0.25, 0.3) is 0 Å². The average Bonchev–Trinajstić information content (AvgIpc) is 2.46. The lowest BCUT2D eigenvalue weighted by Gasteiger charge is -2.10. The number of rotatable bonds is 5. The molecule has 1 N–H and O–H groups in total. The maximum absolute atomic E-state index is 8.49. The van der Waals surface area contributed by atoms with Crippen LogP contribution in [0.3, 0.4) is 0 Å². The first-order chi connectivity index (χ1) is 9.69. The quantitative estimate of drug-likeness (QED) is 0.884. The Morgan fingerprint density at radius 2 is 2.00 bits per heavy atom. The molecule has 102 valence electrons. The molecule has 0 aromatic heterocycles. The summed E-state index contributed by atoms with van der Waals surface area (Å²) in [5, 5.41) is 13.0. The van der Waals surface area contributed by atoms with Crippen LogP contribution >= 0.6 is 23.2 Å². The Morgan fingerprint density at radius 3 is 2.80 bits per heavy atom. The molecule has 5 heteroatoms. The van der Waals surface area contributed by atoms with Crippen LogP contribution in [0.1, 0.15) is 5.56 Å². The molecule has 0 spiro atoms. The molecule has 0 unspecified atom stereocenters. The van der Waals surface area contributed by atoms with Gasteiger partial charge >= 0.3 is 0 Å². The number of nitrogens with zero attached hydrogens (tertiary/aromatic N) is 1. The van der Waals surface area contributed by atoms with Gasteiger partial charge < -0.3 is 10.1 Å². The highest BCUT2D eigenvalue weighted by Gasteiger charge is 2.02. The summed E-state index contributed by atoms with van der Waals surface area (Å²) in [5.74, 6) is 0.647. The summed E-state index contributed by atoms with van der Waals surface area (Å²) >= 11 is 12.0. The fraction of sp³-hybridized carbons (Fsp3) is 0.133. The van der Waals surface area contributed by atoms with Crippen LogP contribution in [-0.4, -0.2) is 6.61 Å². The number of hydrogen-bond acceptors (Lipinski definition) is 3. The molecule has 0 heterocycles. The van der Waals surface area contributed by atoms with Crippen molar-refractivity contribution in [2.75, 3.05) is 11.9 Å². The molecule has 0 aliphatic heterocycles. The van der Waals surface area contributed by atoms with Crippen LogP contribution < -0.4 is 10.1 Å². The van der Waals surface area contributed by atoms with Gasteiger partial charge in [-0.3, -0.25) is 0 Å². The Hall–Kier alpha value is -1.89. The Labute approximate surface area is 127 Å². The topological polar surface area (TPSA) is 45.0 Å². The summed E-state index contributed by atoms with van der Waals surface area (Å²) in [6.45, 7) is 0.588. The summed E-state index contributed by atoms with van der Waals surface area (Å²) in [6.07, 6.45) is 0. The van der Waals surface area contributed by atoms with Gasteiger partial charge in [-0.1, -0.05) is 29.3 Å². The highest BCUT2D eigenvalue weighted by Crippen LogP contribution is 2.23. The molecule has 20 heavy (non-hydrogen) atoms. The highest BCUT2D eigenvalue weighted by molar-refractivity contribution is 6.33. The van der Waals surface area contributed by atoms with Crippen molar-refractivity contribution < 1.29 is 4.74 Å². The molecule has 0 saturated carbocycles. The normalized spacial score (nSPS) is 9.85. The van der Waals surface area contributed by atoms with E-state index in [4.69, 9.17) is 33.2 Å². The van der Waals surface area contributed by atoms with E-state index in [1.165, 1.54) is 0 Å². The monoisotopic (exact) mass is 306 g/mol. The smallest absolute Gasteiger partial charge is 0.174 e. The summed E-state index contributed by atoms with van der Waals surface area (Å²) in [5.41, 5.74) is 1.80. The fourth-order valence-corrected chi connectivity index (χ4v) is 2.07. The number of hydrogen-bond donors (Lipinski definition) is 1. The van der Waals surface area contributed by atoms with Gasteiger partial charge in [-0.05, 0) is 35.9 Å². The number of nitrogens with one attached hydrogen (secondary N) is 1. The molecule has 0 fully saturated rings. The lowest BCUT2D eigenvalue weighted by Crippen LogP contribution is -2.01. The van der Waals surface area contributed by atoms with Gasteiger partial charge in [0.2, 0.25) is 0 Å². The Bertz CT molecular complexity index is 638. The number of ether oxygens (including phenoxy) is 1. The molecule has 0 radical (unpaired) electrons. The Kier molecular flexibility index (Phi) is 5.11.